The van der Waals surface area contributed by atoms with E-state index >= 15 is 0 Å². The van der Waals surface area contributed by atoms with Gasteiger partial charge in [0.15, 0.2) is 5.78 Å². The van der Waals surface area contributed by atoms with Crippen molar-refractivity contribution in [2.75, 3.05) is 0 Å². The molecule has 2 atom stereocenters. The van der Waals surface area contributed by atoms with Gasteiger partial charge in [-0.3, -0.25) is 9.78 Å². The van der Waals surface area contributed by atoms with Gasteiger partial charge in [0, 0.05) is 36.0 Å². The van der Waals surface area contributed by atoms with Crippen molar-refractivity contribution in [2.45, 2.75) is 76.7 Å². The maximum Gasteiger partial charge on any atom is 0.417 e. The number of carbonyl (C=O) groups is 2. The first-order valence-electron chi connectivity index (χ1n) is 9.53. The number of rotatable bonds is 2. The molecule has 0 saturated carbocycles. The number of aromatic nitrogens is 1. The van der Waals surface area contributed by atoms with Crippen LogP contribution in [0.25, 0.3) is 0 Å². The van der Waals surface area contributed by atoms with Crippen molar-refractivity contribution in [1.82, 2.24) is 9.88 Å². The zero-order chi connectivity index (χ0) is 20.7. The molecule has 1 aromatic heterocycles. The van der Waals surface area contributed by atoms with E-state index in [2.05, 4.69) is 4.98 Å². The van der Waals surface area contributed by atoms with E-state index in [1.54, 1.807) is 25.7 Å². The lowest BCUT2D eigenvalue weighted by Crippen LogP contribution is -2.56. The van der Waals surface area contributed by atoms with Gasteiger partial charge in [0.1, 0.15) is 5.60 Å². The molecule has 2 unspecified atom stereocenters. The number of amides is 1. The highest BCUT2D eigenvalue weighted by atomic mass is 19.4. The molecule has 0 N–H and O–H groups in total. The molecule has 154 valence electrons. The molecule has 2 aliphatic heterocycles. The van der Waals surface area contributed by atoms with E-state index in [4.69, 9.17) is 4.74 Å². The van der Waals surface area contributed by atoms with E-state index in [1.165, 1.54) is 6.20 Å². The molecule has 2 aliphatic rings. The molecule has 1 aromatic rings. The summed E-state index contributed by atoms with van der Waals surface area (Å²) in [5.41, 5.74) is -1.56. The van der Waals surface area contributed by atoms with E-state index in [-0.39, 0.29) is 29.5 Å². The fourth-order valence-corrected chi connectivity index (χ4v) is 4.17. The third-order valence-electron chi connectivity index (χ3n) is 5.30. The molecular weight excluding hydrogens is 373 g/mol. The topological polar surface area (TPSA) is 59.5 Å². The van der Waals surface area contributed by atoms with Crippen LogP contribution in [0.15, 0.2) is 18.5 Å². The van der Waals surface area contributed by atoms with E-state index in [1.807, 2.05) is 0 Å². The number of Topliss-reactive ketones (excluding diaryl/α,β-unsaturated/α-hetero) is 1. The molecular formula is C20H25F3N2O3. The van der Waals surface area contributed by atoms with Crippen molar-refractivity contribution < 1.29 is 27.5 Å². The number of ketones is 1. The van der Waals surface area contributed by atoms with Crippen LogP contribution in [-0.2, 0) is 10.9 Å². The normalized spacial score (nSPS) is 25.4. The number of hydrogen-bond acceptors (Lipinski definition) is 4. The first-order valence-corrected chi connectivity index (χ1v) is 9.53. The number of carbonyl (C=O) groups excluding carboxylic acids is 2. The fourth-order valence-electron chi connectivity index (χ4n) is 4.17. The van der Waals surface area contributed by atoms with Crippen LogP contribution >= 0.6 is 0 Å². The van der Waals surface area contributed by atoms with Crippen molar-refractivity contribution >= 4 is 11.9 Å². The third kappa shape index (κ3) is 4.47. The van der Waals surface area contributed by atoms with Crippen molar-refractivity contribution in [3.05, 3.63) is 29.6 Å². The third-order valence-corrected chi connectivity index (χ3v) is 5.30. The number of pyridine rings is 1. The summed E-state index contributed by atoms with van der Waals surface area (Å²) in [7, 11) is 0. The fraction of sp³-hybridized carbons (Fsp3) is 0.650. The standard InChI is InChI=1S/C20H25F3N2O3/c1-19(2,3)28-18(27)25-15-5-4-6-16(25)9-12(8-15)17(26)13-7-14(11-24-10-13)20(21,22)23/h7,10-12,15-16H,4-6,8-9H2,1-3H3. The minimum absolute atomic E-state index is 0.0244. The van der Waals surface area contributed by atoms with Crippen LogP contribution in [0.3, 0.4) is 0 Å². The largest absolute Gasteiger partial charge is 0.444 e. The molecule has 2 fully saturated rings. The van der Waals surface area contributed by atoms with Crippen LogP contribution in [0.4, 0.5) is 18.0 Å². The lowest BCUT2D eigenvalue weighted by Gasteiger charge is -2.48. The van der Waals surface area contributed by atoms with Crippen molar-refractivity contribution in [1.29, 1.82) is 0 Å². The molecule has 2 saturated heterocycles. The zero-order valence-corrected chi connectivity index (χ0v) is 16.3. The summed E-state index contributed by atoms with van der Waals surface area (Å²) in [5, 5.41) is 0. The Morgan fingerprint density at radius 3 is 2.25 bits per heavy atom. The monoisotopic (exact) mass is 398 g/mol. The summed E-state index contributed by atoms with van der Waals surface area (Å²) < 4.78 is 44.3. The van der Waals surface area contributed by atoms with Gasteiger partial charge < -0.3 is 9.64 Å². The summed E-state index contributed by atoms with van der Waals surface area (Å²) in [5.74, 6) is -0.751. The summed E-state index contributed by atoms with van der Waals surface area (Å²) in [6.45, 7) is 5.41. The summed E-state index contributed by atoms with van der Waals surface area (Å²) >= 11 is 0. The van der Waals surface area contributed by atoms with Gasteiger partial charge in [0.25, 0.3) is 0 Å². The number of hydrogen-bond donors (Lipinski definition) is 0. The molecule has 2 bridgehead atoms. The smallest absolute Gasteiger partial charge is 0.417 e. The lowest BCUT2D eigenvalue weighted by molar-refractivity contribution is -0.137. The average Bonchev–Trinajstić information content (AvgIpc) is 2.57. The number of ether oxygens (including phenoxy) is 1. The molecule has 0 aromatic carbocycles. The van der Waals surface area contributed by atoms with Crippen molar-refractivity contribution in [3.8, 4) is 0 Å². The Morgan fingerprint density at radius 2 is 1.71 bits per heavy atom. The van der Waals surface area contributed by atoms with E-state index in [0.717, 1.165) is 31.5 Å². The van der Waals surface area contributed by atoms with Crippen LogP contribution in [0.5, 0.6) is 0 Å². The summed E-state index contributed by atoms with van der Waals surface area (Å²) in [4.78, 5) is 30.8. The van der Waals surface area contributed by atoms with Crippen LogP contribution in [0.2, 0.25) is 0 Å². The van der Waals surface area contributed by atoms with Gasteiger partial charge in [-0.1, -0.05) is 0 Å². The quantitative estimate of drug-likeness (QED) is 0.668. The Morgan fingerprint density at radius 1 is 1.11 bits per heavy atom. The van der Waals surface area contributed by atoms with Gasteiger partial charge in [-0.25, -0.2) is 4.79 Å². The molecule has 28 heavy (non-hydrogen) atoms. The predicted molar refractivity (Wildman–Crippen MR) is 95.8 cm³/mol. The van der Waals surface area contributed by atoms with Gasteiger partial charge in [0.05, 0.1) is 5.56 Å². The predicted octanol–water partition coefficient (Wildman–Crippen LogP) is 4.85. The number of alkyl halides is 3. The highest BCUT2D eigenvalue weighted by Crippen LogP contribution is 2.39. The number of piperidine rings is 2. The molecule has 0 aliphatic carbocycles. The molecule has 0 spiro atoms. The second kappa shape index (κ2) is 7.37. The van der Waals surface area contributed by atoms with Gasteiger partial charge in [0.2, 0.25) is 0 Å². The first kappa shape index (κ1) is 20.6. The van der Waals surface area contributed by atoms with Gasteiger partial charge in [-0.05, 0) is 58.9 Å². The molecule has 0 radical (unpaired) electrons. The lowest BCUT2D eigenvalue weighted by atomic mass is 9.76. The van der Waals surface area contributed by atoms with E-state index in [9.17, 15) is 22.8 Å². The maximum atomic E-state index is 12.9. The van der Waals surface area contributed by atoms with Crippen LogP contribution in [-0.4, -0.2) is 39.4 Å². The Hall–Kier alpha value is -2.12. The Balaban J connectivity index is 1.77. The first-order chi connectivity index (χ1) is 13.0. The Bertz CT molecular complexity index is 744. The van der Waals surface area contributed by atoms with E-state index in [0.29, 0.717) is 12.8 Å². The maximum absolute atomic E-state index is 12.9. The molecule has 8 heteroatoms. The van der Waals surface area contributed by atoms with Gasteiger partial charge >= 0.3 is 12.3 Å². The number of fused-ring (bicyclic) bond motifs is 2. The Labute approximate surface area is 162 Å². The highest BCUT2D eigenvalue weighted by Gasteiger charge is 2.44. The second-order valence-electron chi connectivity index (χ2n) is 8.62. The minimum atomic E-state index is -4.54. The van der Waals surface area contributed by atoms with Crippen molar-refractivity contribution in [3.63, 3.8) is 0 Å². The van der Waals surface area contributed by atoms with Gasteiger partial charge in [-0.15, -0.1) is 0 Å². The molecule has 1 amide bonds. The number of halogens is 3. The highest BCUT2D eigenvalue weighted by molar-refractivity contribution is 5.98. The SMILES string of the molecule is CC(C)(C)OC(=O)N1C2CCCC1CC(C(=O)c1cncc(C(F)(F)F)c1)C2. The second-order valence-corrected chi connectivity index (χ2v) is 8.62. The minimum Gasteiger partial charge on any atom is -0.444 e. The summed E-state index contributed by atoms with van der Waals surface area (Å²) in [6, 6.07) is 0.607. The molecule has 3 heterocycles. The molecule has 5 nitrogen and oxygen atoms in total. The van der Waals surface area contributed by atoms with Crippen LogP contribution in [0.1, 0.15) is 68.8 Å². The van der Waals surface area contributed by atoms with Crippen LogP contribution < -0.4 is 0 Å². The Kier molecular flexibility index (Phi) is 5.42. The zero-order valence-electron chi connectivity index (χ0n) is 16.3. The van der Waals surface area contributed by atoms with Crippen molar-refractivity contribution in [2.24, 2.45) is 5.92 Å². The molecule has 3 rings (SSSR count). The number of nitrogens with zero attached hydrogens (tertiary/aromatic N) is 2. The van der Waals surface area contributed by atoms with Gasteiger partial charge in [-0.2, -0.15) is 13.2 Å². The van der Waals surface area contributed by atoms with Crippen LogP contribution in [0, 0.1) is 5.92 Å². The average molecular weight is 398 g/mol. The summed E-state index contributed by atoms with van der Waals surface area (Å²) in [6.07, 6.45) is 0.343. The van der Waals surface area contributed by atoms with E-state index < -0.39 is 23.3 Å².